The van der Waals surface area contributed by atoms with E-state index in [-0.39, 0.29) is 22.9 Å². The Balaban J connectivity index is 1.38. The molecule has 1 heterocycles. The summed E-state index contributed by atoms with van der Waals surface area (Å²) in [6.45, 7) is 3.89. The van der Waals surface area contributed by atoms with Crippen LogP contribution in [0.15, 0.2) is 83.8 Å². The summed E-state index contributed by atoms with van der Waals surface area (Å²) in [4.78, 5) is 15.0. The first-order valence-electron chi connectivity index (χ1n) is 10.9. The van der Waals surface area contributed by atoms with Gasteiger partial charge in [-0.05, 0) is 61.6 Å². The molecule has 0 spiro atoms. The van der Waals surface area contributed by atoms with Crippen molar-refractivity contribution in [2.24, 2.45) is 0 Å². The molecule has 1 amide bonds. The lowest BCUT2D eigenvalue weighted by Gasteiger charge is -2.22. The maximum Gasteiger partial charge on any atom is 0.241 e. The van der Waals surface area contributed by atoms with E-state index in [1.807, 2.05) is 60.4 Å². The third kappa shape index (κ3) is 4.76. The topological polar surface area (TPSA) is 66.5 Å². The zero-order valence-corrected chi connectivity index (χ0v) is 19.2. The Labute approximate surface area is 190 Å². The van der Waals surface area contributed by atoms with Gasteiger partial charge in [0.15, 0.2) is 0 Å². The second kappa shape index (κ2) is 9.27. The number of carbonyl (C=O) groups excluding carboxylic acids is 1. The molecule has 1 N–H and O–H groups in total. The van der Waals surface area contributed by atoms with E-state index in [0.717, 1.165) is 23.2 Å². The summed E-state index contributed by atoms with van der Waals surface area (Å²) >= 11 is 0. The highest BCUT2D eigenvalue weighted by atomic mass is 32.2. The molecule has 0 unspecified atom stereocenters. The Morgan fingerprint density at radius 3 is 2.38 bits per heavy atom. The van der Waals surface area contributed by atoms with Crippen molar-refractivity contribution in [2.45, 2.75) is 50.1 Å². The van der Waals surface area contributed by atoms with Gasteiger partial charge in [-0.15, -0.1) is 0 Å². The fraction of sp³-hybridized carbons (Fsp3) is 0.269. The van der Waals surface area contributed by atoms with E-state index in [1.165, 1.54) is 5.56 Å². The number of para-hydroxylation sites is 1. The lowest BCUT2D eigenvalue weighted by Crippen LogP contribution is -2.35. The molecule has 6 heteroatoms. The Morgan fingerprint density at radius 1 is 1.00 bits per heavy atom. The molecule has 0 bridgehead atoms. The molecule has 0 aliphatic carbocycles. The van der Waals surface area contributed by atoms with E-state index in [0.29, 0.717) is 12.8 Å². The van der Waals surface area contributed by atoms with Crippen molar-refractivity contribution in [1.82, 2.24) is 4.72 Å². The van der Waals surface area contributed by atoms with Crippen LogP contribution in [-0.4, -0.2) is 20.4 Å². The second-order valence-electron chi connectivity index (χ2n) is 8.34. The van der Waals surface area contributed by atoms with Gasteiger partial charge >= 0.3 is 0 Å². The summed E-state index contributed by atoms with van der Waals surface area (Å²) in [5.74, 6) is 0.0949. The Bertz CT molecular complexity index is 1190. The highest BCUT2D eigenvalue weighted by Crippen LogP contribution is 2.32. The molecule has 0 saturated heterocycles. The summed E-state index contributed by atoms with van der Waals surface area (Å²) in [5.41, 5.74) is 4.06. The fourth-order valence-corrected chi connectivity index (χ4v) is 5.50. The molecule has 1 aliphatic heterocycles. The minimum atomic E-state index is -3.63. The molecule has 0 fully saturated rings. The molecule has 3 aromatic carbocycles. The molecule has 3 aromatic rings. The van der Waals surface area contributed by atoms with Crippen molar-refractivity contribution in [1.29, 1.82) is 0 Å². The van der Waals surface area contributed by atoms with Crippen molar-refractivity contribution in [3.05, 3.63) is 95.6 Å². The molecule has 166 valence electrons. The van der Waals surface area contributed by atoms with Crippen molar-refractivity contribution >= 4 is 21.6 Å². The molecule has 0 radical (unpaired) electrons. The van der Waals surface area contributed by atoms with Gasteiger partial charge in [0.2, 0.25) is 15.9 Å². The van der Waals surface area contributed by atoms with Gasteiger partial charge in [-0.3, -0.25) is 4.79 Å². The lowest BCUT2D eigenvalue weighted by atomic mass is 10.1. The van der Waals surface area contributed by atoms with Crippen LogP contribution in [0.1, 0.15) is 43.0 Å². The molecule has 5 nitrogen and oxygen atoms in total. The van der Waals surface area contributed by atoms with Gasteiger partial charge in [-0.25, -0.2) is 13.1 Å². The highest BCUT2D eigenvalue weighted by Gasteiger charge is 2.30. The third-order valence-corrected chi connectivity index (χ3v) is 7.53. The fourth-order valence-electron chi connectivity index (χ4n) is 4.26. The first-order chi connectivity index (χ1) is 15.3. The smallest absolute Gasteiger partial charge is 0.241 e. The maximum absolute atomic E-state index is 12.9. The third-order valence-electron chi connectivity index (χ3n) is 5.97. The number of anilines is 1. The Kier molecular flexibility index (Phi) is 6.44. The van der Waals surface area contributed by atoms with Crippen LogP contribution >= 0.6 is 0 Å². The first kappa shape index (κ1) is 22.2. The van der Waals surface area contributed by atoms with Gasteiger partial charge in [-0.1, -0.05) is 60.7 Å². The van der Waals surface area contributed by atoms with Crippen LogP contribution in [0.25, 0.3) is 0 Å². The highest BCUT2D eigenvalue weighted by molar-refractivity contribution is 7.89. The standard InChI is InChI=1S/C26H28N2O3S/c1-19-18-23-10-6-7-11-25(23)28(19)26(29)17-14-21-12-15-24(16-13-21)32(30,31)27-20(2)22-8-4-3-5-9-22/h3-13,15-16,19-20,27H,14,17-18H2,1-2H3/t19-,20+/m0/s1. The van der Waals surface area contributed by atoms with Crippen molar-refractivity contribution < 1.29 is 13.2 Å². The predicted octanol–water partition coefficient (Wildman–Crippen LogP) is 4.64. The molecule has 32 heavy (non-hydrogen) atoms. The van der Waals surface area contributed by atoms with Crippen LogP contribution in [0.3, 0.4) is 0 Å². The van der Waals surface area contributed by atoms with E-state index in [1.54, 1.807) is 24.3 Å². The molecule has 0 aromatic heterocycles. The summed E-state index contributed by atoms with van der Waals surface area (Å²) in [7, 11) is -3.63. The van der Waals surface area contributed by atoms with Gasteiger partial charge in [0, 0.05) is 24.2 Å². The Hall–Kier alpha value is -2.96. The summed E-state index contributed by atoms with van der Waals surface area (Å²) in [6, 6.07) is 24.1. The molecule has 2 atom stereocenters. The van der Waals surface area contributed by atoms with Crippen LogP contribution in [0.2, 0.25) is 0 Å². The summed E-state index contributed by atoms with van der Waals surface area (Å²) in [5, 5.41) is 0. The van der Waals surface area contributed by atoms with Crippen LogP contribution in [0, 0.1) is 0 Å². The van der Waals surface area contributed by atoms with Crippen LogP contribution in [0.4, 0.5) is 5.69 Å². The predicted molar refractivity (Wildman–Crippen MR) is 127 cm³/mol. The number of rotatable bonds is 7. The van der Waals surface area contributed by atoms with Crippen molar-refractivity contribution in [2.75, 3.05) is 4.90 Å². The number of sulfonamides is 1. The Morgan fingerprint density at radius 2 is 1.66 bits per heavy atom. The van der Waals surface area contributed by atoms with E-state index in [2.05, 4.69) is 17.7 Å². The SMILES string of the molecule is C[C@@H](NS(=O)(=O)c1ccc(CCC(=O)N2c3ccccc3C[C@@H]2C)cc1)c1ccccc1. The minimum Gasteiger partial charge on any atom is -0.309 e. The summed E-state index contributed by atoms with van der Waals surface area (Å²) in [6.07, 6.45) is 1.83. The van der Waals surface area contributed by atoms with Crippen LogP contribution in [-0.2, 0) is 27.7 Å². The molecule has 0 saturated carbocycles. The van der Waals surface area contributed by atoms with Crippen LogP contribution in [0.5, 0.6) is 0 Å². The van der Waals surface area contributed by atoms with Crippen molar-refractivity contribution in [3.8, 4) is 0 Å². The van der Waals surface area contributed by atoms with Gasteiger partial charge in [0.1, 0.15) is 0 Å². The van der Waals surface area contributed by atoms with Gasteiger partial charge < -0.3 is 4.90 Å². The number of benzene rings is 3. The number of hydrogen-bond donors (Lipinski definition) is 1. The van der Waals surface area contributed by atoms with E-state index < -0.39 is 10.0 Å². The molecular formula is C26H28N2O3S. The zero-order chi connectivity index (χ0) is 22.7. The van der Waals surface area contributed by atoms with Crippen LogP contribution < -0.4 is 9.62 Å². The average Bonchev–Trinajstić information content (AvgIpc) is 3.14. The average molecular weight is 449 g/mol. The van der Waals surface area contributed by atoms with E-state index >= 15 is 0 Å². The number of carbonyl (C=O) groups is 1. The zero-order valence-electron chi connectivity index (χ0n) is 18.4. The van der Waals surface area contributed by atoms with E-state index in [4.69, 9.17) is 0 Å². The largest absolute Gasteiger partial charge is 0.309 e. The number of amides is 1. The van der Waals surface area contributed by atoms with Gasteiger partial charge in [0.05, 0.1) is 4.90 Å². The molecule has 4 rings (SSSR count). The number of hydrogen-bond acceptors (Lipinski definition) is 3. The number of fused-ring (bicyclic) bond motifs is 1. The van der Waals surface area contributed by atoms with Crippen molar-refractivity contribution in [3.63, 3.8) is 0 Å². The normalized spacial score (nSPS) is 16.6. The molecular weight excluding hydrogens is 420 g/mol. The second-order valence-corrected chi connectivity index (χ2v) is 10.1. The lowest BCUT2D eigenvalue weighted by molar-refractivity contribution is -0.118. The van der Waals surface area contributed by atoms with E-state index in [9.17, 15) is 13.2 Å². The first-order valence-corrected chi connectivity index (χ1v) is 12.4. The number of aryl methyl sites for hydroxylation is 1. The van der Waals surface area contributed by atoms with Gasteiger partial charge in [-0.2, -0.15) is 0 Å². The molecule has 1 aliphatic rings. The number of nitrogens with zero attached hydrogens (tertiary/aromatic N) is 1. The minimum absolute atomic E-state index is 0.0949. The monoisotopic (exact) mass is 448 g/mol. The maximum atomic E-state index is 12.9. The number of nitrogens with one attached hydrogen (secondary N) is 1. The quantitative estimate of drug-likeness (QED) is 0.573. The summed E-state index contributed by atoms with van der Waals surface area (Å²) < 4.78 is 28.2. The van der Waals surface area contributed by atoms with Gasteiger partial charge in [0.25, 0.3) is 0 Å².